The van der Waals surface area contributed by atoms with Crippen molar-refractivity contribution in [2.24, 2.45) is 0 Å². The molecule has 6 heteroatoms. The largest absolute Gasteiger partial charge is 0.462 e. The van der Waals surface area contributed by atoms with Crippen molar-refractivity contribution in [1.82, 2.24) is 0 Å². The predicted molar refractivity (Wildman–Crippen MR) is 357 cm³/mol. The van der Waals surface area contributed by atoms with E-state index in [4.69, 9.17) is 14.2 Å². The summed E-state index contributed by atoms with van der Waals surface area (Å²) < 4.78 is 16.9. The second-order valence-corrected chi connectivity index (χ2v) is 22.7. The number of esters is 3. The normalized spacial score (nSPS) is 12.9. The summed E-state index contributed by atoms with van der Waals surface area (Å²) in [5.41, 5.74) is 0. The summed E-state index contributed by atoms with van der Waals surface area (Å²) >= 11 is 0. The summed E-state index contributed by atoms with van der Waals surface area (Å²) in [6.45, 7) is 6.51. The Labute approximate surface area is 507 Å². The molecule has 0 aliphatic rings. The minimum absolute atomic E-state index is 0.0825. The van der Waals surface area contributed by atoms with Gasteiger partial charge in [-0.15, -0.1) is 0 Å². The second kappa shape index (κ2) is 69.3. The van der Waals surface area contributed by atoms with Crippen LogP contribution in [0.3, 0.4) is 0 Å². The number of hydrogen-bond donors (Lipinski definition) is 0. The summed E-state index contributed by atoms with van der Waals surface area (Å²) in [6.07, 6.45) is 96.4. The molecule has 0 rings (SSSR count). The van der Waals surface area contributed by atoms with Gasteiger partial charge in [-0.25, -0.2) is 0 Å². The van der Waals surface area contributed by atoms with E-state index in [1.807, 2.05) is 0 Å². The van der Waals surface area contributed by atoms with Crippen LogP contribution in [0, 0.1) is 0 Å². The number of hydrogen-bond acceptors (Lipinski definition) is 6. The van der Waals surface area contributed by atoms with Crippen LogP contribution in [0.2, 0.25) is 0 Å². The summed E-state index contributed by atoms with van der Waals surface area (Å²) in [7, 11) is 0. The lowest BCUT2D eigenvalue weighted by atomic mass is 10.0. The average molecular weight is 1140 g/mol. The van der Waals surface area contributed by atoms with Crippen molar-refractivity contribution in [3.63, 3.8) is 0 Å². The Morgan fingerprint density at radius 3 is 0.768 bits per heavy atom. The predicted octanol–water partition coefficient (Wildman–Crippen LogP) is 23.9. The Morgan fingerprint density at radius 1 is 0.256 bits per heavy atom. The van der Waals surface area contributed by atoms with Crippen molar-refractivity contribution < 1.29 is 28.6 Å². The molecule has 6 nitrogen and oxygen atoms in total. The van der Waals surface area contributed by atoms with Crippen molar-refractivity contribution >= 4 is 17.9 Å². The minimum Gasteiger partial charge on any atom is -0.462 e. The quantitative estimate of drug-likeness (QED) is 0.0261. The van der Waals surface area contributed by atoms with Gasteiger partial charge in [0.25, 0.3) is 0 Å². The van der Waals surface area contributed by atoms with E-state index in [0.29, 0.717) is 19.3 Å². The average Bonchev–Trinajstić information content (AvgIpc) is 3.48. The van der Waals surface area contributed by atoms with Crippen LogP contribution in [-0.4, -0.2) is 37.2 Å². The zero-order valence-electron chi connectivity index (χ0n) is 53.7. The third kappa shape index (κ3) is 66.6. The molecule has 82 heavy (non-hydrogen) atoms. The van der Waals surface area contributed by atoms with Gasteiger partial charge in [-0.05, 0) is 116 Å². The van der Waals surface area contributed by atoms with Gasteiger partial charge in [0.1, 0.15) is 13.2 Å². The van der Waals surface area contributed by atoms with Gasteiger partial charge in [0.05, 0.1) is 0 Å². The molecule has 1 unspecified atom stereocenters. The first kappa shape index (κ1) is 77.8. The molecule has 0 aromatic carbocycles. The number of allylic oxidation sites excluding steroid dienone is 20. The fourth-order valence-electron chi connectivity index (χ4n) is 9.55. The maximum atomic E-state index is 12.9. The van der Waals surface area contributed by atoms with Gasteiger partial charge in [0.15, 0.2) is 6.10 Å². The van der Waals surface area contributed by atoms with Crippen LogP contribution in [0.15, 0.2) is 122 Å². The van der Waals surface area contributed by atoms with Crippen LogP contribution in [0.25, 0.3) is 0 Å². The van der Waals surface area contributed by atoms with Crippen molar-refractivity contribution in [3.05, 3.63) is 122 Å². The molecule has 0 aliphatic heterocycles. The highest BCUT2D eigenvalue weighted by Crippen LogP contribution is 2.16. The lowest BCUT2D eigenvalue weighted by Crippen LogP contribution is -2.30. The number of carbonyl (C=O) groups excluding carboxylic acids is 3. The van der Waals surface area contributed by atoms with Crippen LogP contribution < -0.4 is 0 Å². The standard InChI is InChI=1S/C76H128O6/c1-4-7-10-13-16-19-22-25-28-29-30-31-32-33-34-35-36-37-38-39-40-41-42-43-44-45-46-47-49-51-54-57-60-63-66-69-75(78)81-72-73(71-80-74(77)68-65-62-59-56-53-50-27-24-21-18-15-12-9-6-3)82-76(79)70-67-64-61-58-55-52-48-26-23-20-17-14-11-8-5-2/h7,10,16-17,19-20,25-26,28,30-31,33-34,36-37,39-40,42-43,48,73H,4-6,8-9,11-15,18,21-24,27,29,32,35,38,41,44-47,49-72H2,1-3H3/b10-7-,19-16-,20-17-,28-25-,31-30-,34-33-,37-36-,40-39-,43-42-,48-26-. The van der Waals surface area contributed by atoms with E-state index < -0.39 is 6.10 Å². The second-order valence-electron chi connectivity index (χ2n) is 22.7. The molecule has 0 aliphatic carbocycles. The van der Waals surface area contributed by atoms with Crippen LogP contribution >= 0.6 is 0 Å². The maximum Gasteiger partial charge on any atom is 0.306 e. The van der Waals surface area contributed by atoms with E-state index in [1.165, 1.54) is 148 Å². The highest BCUT2D eigenvalue weighted by atomic mass is 16.6. The summed E-state index contributed by atoms with van der Waals surface area (Å²) in [5, 5.41) is 0. The Balaban J connectivity index is 4.23. The molecule has 0 spiro atoms. The molecule has 0 fully saturated rings. The topological polar surface area (TPSA) is 78.9 Å². The van der Waals surface area contributed by atoms with Crippen molar-refractivity contribution in [2.75, 3.05) is 13.2 Å². The summed E-state index contributed by atoms with van der Waals surface area (Å²) in [4.78, 5) is 38.3. The summed E-state index contributed by atoms with van der Waals surface area (Å²) in [5.74, 6) is -0.891. The molecular weight excluding hydrogens is 1010 g/mol. The van der Waals surface area contributed by atoms with Crippen molar-refractivity contribution in [1.29, 1.82) is 0 Å². The Kier molecular flexibility index (Phi) is 65.8. The fraction of sp³-hybridized carbons (Fsp3) is 0.697. The Bertz CT molecular complexity index is 1690. The smallest absolute Gasteiger partial charge is 0.306 e. The van der Waals surface area contributed by atoms with Crippen LogP contribution in [-0.2, 0) is 28.6 Å². The molecule has 0 saturated heterocycles. The van der Waals surface area contributed by atoms with E-state index in [-0.39, 0.29) is 31.1 Å². The molecule has 0 radical (unpaired) electrons. The summed E-state index contributed by atoms with van der Waals surface area (Å²) in [6, 6.07) is 0. The van der Waals surface area contributed by atoms with Gasteiger partial charge in [0.2, 0.25) is 0 Å². The first-order valence-corrected chi connectivity index (χ1v) is 34.5. The lowest BCUT2D eigenvalue weighted by molar-refractivity contribution is -0.167. The van der Waals surface area contributed by atoms with Crippen molar-refractivity contribution in [3.8, 4) is 0 Å². The maximum absolute atomic E-state index is 12.9. The monoisotopic (exact) mass is 1140 g/mol. The van der Waals surface area contributed by atoms with E-state index in [1.54, 1.807) is 0 Å². The van der Waals surface area contributed by atoms with Crippen LogP contribution in [0.4, 0.5) is 0 Å². The minimum atomic E-state index is -0.788. The molecule has 0 aromatic rings. The van der Waals surface area contributed by atoms with E-state index in [0.717, 1.165) is 135 Å². The molecule has 0 heterocycles. The SMILES string of the molecule is CC/C=C\C/C=C\C/C=C\C/C=C\C/C=C\C/C=C\C/C=C\C/C=C\CCCCCCCCCCCCC(=O)OCC(COC(=O)CCCCCCCCCCCCCCCC)OC(=O)CCCCCCC/C=C\C/C=C\CCCCC. The third-order valence-corrected chi connectivity index (χ3v) is 14.7. The van der Waals surface area contributed by atoms with Gasteiger partial charge in [-0.3, -0.25) is 14.4 Å². The highest BCUT2D eigenvalue weighted by molar-refractivity contribution is 5.71. The van der Waals surface area contributed by atoms with Crippen LogP contribution in [0.5, 0.6) is 0 Å². The van der Waals surface area contributed by atoms with Gasteiger partial charge >= 0.3 is 17.9 Å². The first-order valence-electron chi connectivity index (χ1n) is 34.5. The van der Waals surface area contributed by atoms with E-state index in [9.17, 15) is 14.4 Å². The van der Waals surface area contributed by atoms with Gasteiger partial charge in [-0.2, -0.15) is 0 Å². The number of rotatable bonds is 62. The Morgan fingerprint density at radius 2 is 0.476 bits per heavy atom. The molecule has 0 N–H and O–H groups in total. The molecule has 468 valence electrons. The first-order chi connectivity index (χ1) is 40.5. The van der Waals surface area contributed by atoms with Gasteiger partial charge < -0.3 is 14.2 Å². The number of ether oxygens (including phenoxy) is 3. The van der Waals surface area contributed by atoms with Gasteiger partial charge in [0, 0.05) is 19.3 Å². The number of unbranched alkanes of at least 4 members (excludes halogenated alkanes) is 31. The van der Waals surface area contributed by atoms with Crippen molar-refractivity contribution in [2.45, 2.75) is 329 Å². The third-order valence-electron chi connectivity index (χ3n) is 14.7. The van der Waals surface area contributed by atoms with E-state index >= 15 is 0 Å². The molecular formula is C76H128O6. The number of carbonyl (C=O) groups is 3. The molecule has 0 aromatic heterocycles. The zero-order chi connectivity index (χ0) is 59.2. The Hall–Kier alpha value is -4.19. The fourth-order valence-corrected chi connectivity index (χ4v) is 9.55. The molecule has 1 atom stereocenters. The molecule has 0 saturated carbocycles. The lowest BCUT2D eigenvalue weighted by Gasteiger charge is -2.18. The van der Waals surface area contributed by atoms with Crippen LogP contribution in [0.1, 0.15) is 323 Å². The van der Waals surface area contributed by atoms with E-state index in [2.05, 4.69) is 142 Å². The molecule has 0 bridgehead atoms. The zero-order valence-corrected chi connectivity index (χ0v) is 53.7. The highest BCUT2D eigenvalue weighted by Gasteiger charge is 2.19. The van der Waals surface area contributed by atoms with Gasteiger partial charge in [-0.1, -0.05) is 309 Å². The molecule has 0 amide bonds.